The summed E-state index contributed by atoms with van der Waals surface area (Å²) in [4.78, 5) is 0. The van der Waals surface area contributed by atoms with Crippen molar-refractivity contribution in [1.29, 1.82) is 0 Å². The van der Waals surface area contributed by atoms with Crippen LogP contribution < -0.4 is 5.32 Å². The lowest BCUT2D eigenvalue weighted by molar-refractivity contribution is 0.360. The molecule has 1 nitrogen and oxygen atoms in total. The van der Waals surface area contributed by atoms with Crippen LogP contribution in [-0.4, -0.2) is 13.1 Å². The molecular formula is C14H17ClFN. The van der Waals surface area contributed by atoms with Gasteiger partial charge in [-0.2, -0.15) is 0 Å². The van der Waals surface area contributed by atoms with E-state index in [4.69, 9.17) is 11.6 Å². The maximum atomic E-state index is 13.7. The van der Waals surface area contributed by atoms with Crippen LogP contribution in [0.15, 0.2) is 23.8 Å². The average Bonchev–Trinajstić information content (AvgIpc) is 2.24. The summed E-state index contributed by atoms with van der Waals surface area (Å²) >= 11 is 5.75. The minimum absolute atomic E-state index is 0.0876. The fourth-order valence-electron chi connectivity index (χ4n) is 2.15. The highest BCUT2D eigenvalue weighted by Crippen LogP contribution is 2.32. The SMILES string of the molecule is CC1(C)CNCC/C1=C\c1ccc(Cl)cc1F. The molecule has 2 rings (SSSR count). The second-order valence-corrected chi connectivity index (χ2v) is 5.58. The Balaban J connectivity index is 2.34. The van der Waals surface area contributed by atoms with E-state index in [2.05, 4.69) is 19.2 Å². The number of benzene rings is 1. The fraction of sp³-hybridized carbons (Fsp3) is 0.429. The first-order valence-electron chi connectivity index (χ1n) is 5.86. The van der Waals surface area contributed by atoms with Gasteiger partial charge in [0.15, 0.2) is 0 Å². The van der Waals surface area contributed by atoms with Gasteiger partial charge in [-0.15, -0.1) is 0 Å². The summed E-state index contributed by atoms with van der Waals surface area (Å²) in [5, 5.41) is 3.80. The van der Waals surface area contributed by atoms with Crippen molar-refractivity contribution in [2.45, 2.75) is 20.3 Å². The van der Waals surface area contributed by atoms with Crippen LogP contribution in [0.5, 0.6) is 0 Å². The summed E-state index contributed by atoms with van der Waals surface area (Å²) in [6, 6.07) is 4.83. The van der Waals surface area contributed by atoms with E-state index in [0.717, 1.165) is 19.5 Å². The lowest BCUT2D eigenvalue weighted by Crippen LogP contribution is -2.37. The van der Waals surface area contributed by atoms with E-state index in [9.17, 15) is 4.39 Å². The summed E-state index contributed by atoms with van der Waals surface area (Å²) in [6.07, 6.45) is 2.93. The molecule has 1 heterocycles. The van der Waals surface area contributed by atoms with Crippen molar-refractivity contribution in [3.63, 3.8) is 0 Å². The first-order chi connectivity index (χ1) is 7.99. The lowest BCUT2D eigenvalue weighted by Gasteiger charge is -2.33. The van der Waals surface area contributed by atoms with E-state index in [1.807, 2.05) is 6.08 Å². The molecule has 0 saturated carbocycles. The summed E-state index contributed by atoms with van der Waals surface area (Å²) in [6.45, 7) is 6.26. The van der Waals surface area contributed by atoms with Crippen LogP contribution in [0.1, 0.15) is 25.8 Å². The predicted molar refractivity (Wildman–Crippen MR) is 70.7 cm³/mol. The van der Waals surface area contributed by atoms with Gasteiger partial charge in [0, 0.05) is 17.1 Å². The molecule has 1 aliphatic heterocycles. The molecule has 0 radical (unpaired) electrons. The normalized spacial score (nSPS) is 21.8. The third kappa shape index (κ3) is 2.88. The maximum absolute atomic E-state index is 13.7. The molecule has 3 heteroatoms. The van der Waals surface area contributed by atoms with Crippen LogP contribution in [0.4, 0.5) is 4.39 Å². The smallest absolute Gasteiger partial charge is 0.131 e. The molecular weight excluding hydrogens is 237 g/mol. The Morgan fingerprint density at radius 3 is 2.82 bits per heavy atom. The molecule has 1 aromatic rings. The fourth-order valence-corrected chi connectivity index (χ4v) is 2.31. The minimum atomic E-state index is -0.251. The van der Waals surface area contributed by atoms with Gasteiger partial charge in [-0.05, 0) is 30.5 Å². The summed E-state index contributed by atoms with van der Waals surface area (Å²) in [7, 11) is 0. The van der Waals surface area contributed by atoms with Crippen LogP contribution in [0, 0.1) is 11.2 Å². The van der Waals surface area contributed by atoms with Crippen molar-refractivity contribution in [2.75, 3.05) is 13.1 Å². The standard InChI is InChI=1S/C14H17ClFN/c1-14(2)9-17-6-5-11(14)7-10-3-4-12(15)8-13(10)16/h3-4,7-8,17H,5-6,9H2,1-2H3/b11-7+. The monoisotopic (exact) mass is 253 g/mol. The second-order valence-electron chi connectivity index (χ2n) is 5.15. The molecule has 0 aliphatic carbocycles. The predicted octanol–water partition coefficient (Wildman–Crippen LogP) is 3.88. The first kappa shape index (κ1) is 12.6. The molecule has 0 spiro atoms. The van der Waals surface area contributed by atoms with Crippen LogP contribution in [-0.2, 0) is 0 Å². The van der Waals surface area contributed by atoms with E-state index in [0.29, 0.717) is 10.6 Å². The van der Waals surface area contributed by atoms with Gasteiger partial charge in [-0.25, -0.2) is 4.39 Å². The summed E-state index contributed by atoms with van der Waals surface area (Å²) in [5.74, 6) is -0.251. The summed E-state index contributed by atoms with van der Waals surface area (Å²) in [5.41, 5.74) is 2.00. The Labute approximate surface area is 107 Å². The number of hydrogen-bond acceptors (Lipinski definition) is 1. The zero-order chi connectivity index (χ0) is 12.5. The third-order valence-electron chi connectivity index (χ3n) is 3.30. The molecule has 1 saturated heterocycles. The van der Waals surface area contributed by atoms with Crippen molar-refractivity contribution in [3.05, 3.63) is 40.2 Å². The van der Waals surface area contributed by atoms with Gasteiger partial charge in [-0.3, -0.25) is 0 Å². The molecule has 0 bridgehead atoms. The topological polar surface area (TPSA) is 12.0 Å². The van der Waals surface area contributed by atoms with Gasteiger partial charge >= 0.3 is 0 Å². The van der Waals surface area contributed by atoms with Gasteiger partial charge < -0.3 is 5.32 Å². The number of rotatable bonds is 1. The molecule has 0 atom stereocenters. The van der Waals surface area contributed by atoms with Crippen molar-refractivity contribution in [3.8, 4) is 0 Å². The zero-order valence-electron chi connectivity index (χ0n) is 10.2. The van der Waals surface area contributed by atoms with Crippen LogP contribution in [0.2, 0.25) is 5.02 Å². The Bertz CT molecular complexity index is 452. The highest BCUT2D eigenvalue weighted by atomic mass is 35.5. The molecule has 1 N–H and O–H groups in total. The largest absolute Gasteiger partial charge is 0.316 e. The minimum Gasteiger partial charge on any atom is -0.316 e. The quantitative estimate of drug-likeness (QED) is 0.801. The number of nitrogens with one attached hydrogen (secondary N) is 1. The van der Waals surface area contributed by atoms with Crippen LogP contribution >= 0.6 is 11.6 Å². The Morgan fingerprint density at radius 1 is 1.41 bits per heavy atom. The molecule has 17 heavy (non-hydrogen) atoms. The van der Waals surface area contributed by atoms with Gasteiger partial charge in [-0.1, -0.05) is 43.2 Å². The highest BCUT2D eigenvalue weighted by molar-refractivity contribution is 6.30. The van der Waals surface area contributed by atoms with Crippen LogP contribution in [0.3, 0.4) is 0 Å². The average molecular weight is 254 g/mol. The van der Waals surface area contributed by atoms with E-state index in [-0.39, 0.29) is 11.2 Å². The van der Waals surface area contributed by atoms with Crippen molar-refractivity contribution >= 4 is 17.7 Å². The van der Waals surface area contributed by atoms with E-state index in [1.165, 1.54) is 11.6 Å². The Kier molecular flexibility index (Phi) is 3.55. The van der Waals surface area contributed by atoms with Gasteiger partial charge in [0.2, 0.25) is 0 Å². The molecule has 92 valence electrons. The van der Waals surface area contributed by atoms with E-state index in [1.54, 1.807) is 12.1 Å². The van der Waals surface area contributed by atoms with Gasteiger partial charge in [0.25, 0.3) is 0 Å². The molecule has 0 unspecified atom stereocenters. The Morgan fingerprint density at radius 2 is 2.18 bits per heavy atom. The molecule has 0 amide bonds. The molecule has 1 aromatic carbocycles. The van der Waals surface area contributed by atoms with Crippen molar-refractivity contribution in [1.82, 2.24) is 5.32 Å². The lowest BCUT2D eigenvalue weighted by atomic mass is 9.79. The molecule has 1 fully saturated rings. The van der Waals surface area contributed by atoms with Gasteiger partial charge in [0.05, 0.1) is 0 Å². The van der Waals surface area contributed by atoms with E-state index >= 15 is 0 Å². The van der Waals surface area contributed by atoms with Gasteiger partial charge in [0.1, 0.15) is 5.82 Å². The first-order valence-corrected chi connectivity index (χ1v) is 6.24. The highest BCUT2D eigenvalue weighted by Gasteiger charge is 2.26. The zero-order valence-corrected chi connectivity index (χ0v) is 10.9. The third-order valence-corrected chi connectivity index (χ3v) is 3.53. The number of halogens is 2. The van der Waals surface area contributed by atoms with Crippen LogP contribution in [0.25, 0.3) is 6.08 Å². The summed E-state index contributed by atoms with van der Waals surface area (Å²) < 4.78 is 13.7. The van der Waals surface area contributed by atoms with E-state index < -0.39 is 0 Å². The van der Waals surface area contributed by atoms with Crippen molar-refractivity contribution < 1.29 is 4.39 Å². The second kappa shape index (κ2) is 4.79. The Hall–Kier alpha value is -0.860. The number of hydrogen-bond donors (Lipinski definition) is 1. The molecule has 1 aliphatic rings. The number of piperidine rings is 1. The maximum Gasteiger partial charge on any atom is 0.131 e. The van der Waals surface area contributed by atoms with Crippen molar-refractivity contribution in [2.24, 2.45) is 5.41 Å². The molecule has 0 aromatic heterocycles.